The molecule has 0 bridgehead atoms. The Morgan fingerprint density at radius 2 is 2.12 bits per heavy atom. The maximum Gasteiger partial charge on any atom is 0.389 e. The normalized spacial score (nSPS) is 21.9. The molecule has 2 aromatic rings. The van der Waals surface area contributed by atoms with Crippen molar-refractivity contribution in [2.45, 2.75) is 37.9 Å². The van der Waals surface area contributed by atoms with Crippen LogP contribution < -0.4 is 4.90 Å². The highest BCUT2D eigenvalue weighted by Crippen LogP contribution is 2.35. The fourth-order valence-corrected chi connectivity index (χ4v) is 4.68. The standard InChI is InChI=1S/C16H21F3N4OS/c1-23(15-13-3-5-20-14(13)21-10-22-15)12-7-11(8-12)9-25(24)6-2-4-16(17,18)19/h3,5,10-12H,2,4,6-9H2,1H3,(H,20,21,22). The monoisotopic (exact) mass is 374 g/mol. The summed E-state index contributed by atoms with van der Waals surface area (Å²) in [5, 5.41) is 0.962. The molecule has 5 nitrogen and oxygen atoms in total. The van der Waals surface area contributed by atoms with Gasteiger partial charge in [0, 0.05) is 48.0 Å². The van der Waals surface area contributed by atoms with Crippen molar-refractivity contribution < 1.29 is 17.4 Å². The zero-order valence-corrected chi connectivity index (χ0v) is 14.7. The van der Waals surface area contributed by atoms with Gasteiger partial charge in [0.25, 0.3) is 0 Å². The summed E-state index contributed by atoms with van der Waals surface area (Å²) in [4.78, 5) is 13.7. The molecule has 2 heterocycles. The van der Waals surface area contributed by atoms with Crippen molar-refractivity contribution in [3.05, 3.63) is 18.6 Å². The molecule has 1 aliphatic carbocycles. The Balaban J connectivity index is 1.46. The third-order valence-electron chi connectivity index (χ3n) is 4.68. The van der Waals surface area contributed by atoms with Gasteiger partial charge >= 0.3 is 6.18 Å². The molecule has 1 fully saturated rings. The lowest BCUT2D eigenvalue weighted by molar-refractivity contribution is -0.134. The first kappa shape index (κ1) is 18.2. The van der Waals surface area contributed by atoms with Gasteiger partial charge in [0.1, 0.15) is 17.8 Å². The molecule has 0 saturated heterocycles. The average molecular weight is 374 g/mol. The highest BCUT2D eigenvalue weighted by atomic mass is 32.2. The van der Waals surface area contributed by atoms with Gasteiger partial charge in [0.2, 0.25) is 0 Å². The summed E-state index contributed by atoms with van der Waals surface area (Å²) >= 11 is 0. The zero-order chi connectivity index (χ0) is 18.0. The number of nitrogens with zero attached hydrogens (tertiary/aromatic N) is 3. The van der Waals surface area contributed by atoms with Crippen LogP contribution in [0.5, 0.6) is 0 Å². The summed E-state index contributed by atoms with van der Waals surface area (Å²) in [6.07, 6.45) is 0.0546. The van der Waals surface area contributed by atoms with Crippen molar-refractivity contribution in [2.24, 2.45) is 5.92 Å². The highest BCUT2D eigenvalue weighted by molar-refractivity contribution is 7.84. The molecule has 0 aromatic carbocycles. The summed E-state index contributed by atoms with van der Waals surface area (Å²) in [6, 6.07) is 2.25. The van der Waals surface area contributed by atoms with E-state index in [0.717, 1.165) is 29.7 Å². The van der Waals surface area contributed by atoms with E-state index in [0.29, 0.717) is 17.7 Å². The minimum absolute atomic E-state index is 0.0570. The summed E-state index contributed by atoms with van der Waals surface area (Å²) in [5.74, 6) is 1.79. The molecule has 138 valence electrons. The van der Waals surface area contributed by atoms with Crippen molar-refractivity contribution in [2.75, 3.05) is 23.5 Å². The van der Waals surface area contributed by atoms with Crippen LogP contribution in [0.15, 0.2) is 18.6 Å². The van der Waals surface area contributed by atoms with Gasteiger partial charge in [-0.05, 0) is 31.2 Å². The van der Waals surface area contributed by atoms with Crippen molar-refractivity contribution in [3.63, 3.8) is 0 Å². The number of halogens is 3. The number of hydrogen-bond acceptors (Lipinski definition) is 4. The Morgan fingerprint density at radius 3 is 2.84 bits per heavy atom. The molecule has 0 radical (unpaired) electrons. The molecular weight excluding hydrogens is 353 g/mol. The molecule has 0 aliphatic heterocycles. The number of aromatic amines is 1. The Hall–Kier alpha value is -1.64. The lowest BCUT2D eigenvalue weighted by atomic mass is 9.81. The molecule has 1 saturated carbocycles. The zero-order valence-electron chi connectivity index (χ0n) is 13.9. The maximum atomic E-state index is 12.1. The second kappa shape index (κ2) is 7.31. The van der Waals surface area contributed by atoms with E-state index < -0.39 is 23.4 Å². The summed E-state index contributed by atoms with van der Waals surface area (Å²) in [5.41, 5.74) is 0.790. The minimum atomic E-state index is -4.16. The first-order valence-corrected chi connectivity index (χ1v) is 9.75. The van der Waals surface area contributed by atoms with E-state index in [2.05, 4.69) is 19.9 Å². The van der Waals surface area contributed by atoms with Crippen LogP contribution in [0.1, 0.15) is 25.7 Å². The van der Waals surface area contributed by atoms with Gasteiger partial charge in [-0.15, -0.1) is 0 Å². The van der Waals surface area contributed by atoms with Crippen LogP contribution in [0.3, 0.4) is 0 Å². The maximum absolute atomic E-state index is 12.1. The van der Waals surface area contributed by atoms with Gasteiger partial charge in [0.05, 0.1) is 5.39 Å². The van der Waals surface area contributed by atoms with E-state index in [1.165, 1.54) is 6.33 Å². The van der Waals surface area contributed by atoms with Crippen molar-refractivity contribution >= 4 is 27.7 Å². The van der Waals surface area contributed by atoms with E-state index in [1.54, 1.807) is 0 Å². The van der Waals surface area contributed by atoms with Crippen LogP contribution in [0.4, 0.5) is 19.0 Å². The van der Waals surface area contributed by atoms with Crippen molar-refractivity contribution in [1.29, 1.82) is 0 Å². The SMILES string of the molecule is CN(c1ncnc2[nH]ccc12)C1CC(CS(=O)CCCC(F)(F)F)C1. The summed E-state index contributed by atoms with van der Waals surface area (Å²) in [7, 11) is 0.811. The van der Waals surface area contributed by atoms with Gasteiger partial charge in [-0.3, -0.25) is 4.21 Å². The Kier molecular flexibility index (Phi) is 5.31. The largest absolute Gasteiger partial charge is 0.389 e. The van der Waals surface area contributed by atoms with Crippen LogP contribution in [-0.2, 0) is 10.8 Å². The molecule has 0 amide bonds. The molecule has 1 N–H and O–H groups in total. The quantitative estimate of drug-likeness (QED) is 0.808. The molecule has 3 rings (SSSR count). The number of aromatic nitrogens is 3. The van der Waals surface area contributed by atoms with Crippen LogP contribution >= 0.6 is 0 Å². The first-order chi connectivity index (χ1) is 11.8. The van der Waals surface area contributed by atoms with Crippen LogP contribution in [-0.4, -0.2) is 49.9 Å². The molecule has 0 spiro atoms. The Labute approximate surface area is 146 Å². The molecule has 9 heteroatoms. The number of nitrogens with one attached hydrogen (secondary N) is 1. The van der Waals surface area contributed by atoms with E-state index in [-0.39, 0.29) is 12.2 Å². The lowest BCUT2D eigenvalue weighted by Gasteiger charge is -2.41. The smallest absolute Gasteiger partial charge is 0.356 e. The molecular formula is C16H21F3N4OS. The molecule has 1 unspecified atom stereocenters. The van der Waals surface area contributed by atoms with E-state index >= 15 is 0 Å². The number of alkyl halides is 3. The predicted octanol–water partition coefficient (Wildman–Crippen LogP) is 3.26. The van der Waals surface area contributed by atoms with E-state index in [1.807, 2.05) is 19.3 Å². The summed E-state index contributed by atoms with van der Waals surface area (Å²) in [6.45, 7) is 0. The topological polar surface area (TPSA) is 61.9 Å². The Bertz CT molecular complexity index is 742. The predicted molar refractivity (Wildman–Crippen MR) is 92.0 cm³/mol. The molecule has 1 atom stereocenters. The highest BCUT2D eigenvalue weighted by Gasteiger charge is 2.34. The van der Waals surface area contributed by atoms with Gasteiger partial charge < -0.3 is 9.88 Å². The number of fused-ring (bicyclic) bond motifs is 1. The minimum Gasteiger partial charge on any atom is -0.356 e. The van der Waals surface area contributed by atoms with E-state index in [4.69, 9.17) is 0 Å². The van der Waals surface area contributed by atoms with E-state index in [9.17, 15) is 17.4 Å². The third-order valence-corrected chi connectivity index (χ3v) is 6.27. The lowest BCUT2D eigenvalue weighted by Crippen LogP contribution is -2.44. The third kappa shape index (κ3) is 4.50. The molecule has 2 aromatic heterocycles. The van der Waals surface area contributed by atoms with Crippen LogP contribution in [0.2, 0.25) is 0 Å². The fourth-order valence-electron chi connectivity index (χ4n) is 3.25. The number of hydrogen-bond donors (Lipinski definition) is 1. The van der Waals surface area contributed by atoms with Crippen molar-refractivity contribution in [3.8, 4) is 0 Å². The number of H-pyrrole nitrogens is 1. The van der Waals surface area contributed by atoms with Crippen LogP contribution in [0, 0.1) is 5.92 Å². The average Bonchev–Trinajstić information content (AvgIpc) is 2.97. The first-order valence-electron chi connectivity index (χ1n) is 8.26. The van der Waals surface area contributed by atoms with Gasteiger partial charge in [0.15, 0.2) is 0 Å². The second-order valence-corrected chi connectivity index (χ2v) is 8.19. The van der Waals surface area contributed by atoms with Gasteiger partial charge in [-0.1, -0.05) is 0 Å². The molecule has 25 heavy (non-hydrogen) atoms. The van der Waals surface area contributed by atoms with Crippen molar-refractivity contribution in [1.82, 2.24) is 15.0 Å². The number of anilines is 1. The van der Waals surface area contributed by atoms with Gasteiger partial charge in [-0.25, -0.2) is 9.97 Å². The Morgan fingerprint density at radius 1 is 1.36 bits per heavy atom. The second-order valence-electron chi connectivity index (χ2n) is 6.57. The van der Waals surface area contributed by atoms with Gasteiger partial charge in [-0.2, -0.15) is 13.2 Å². The van der Waals surface area contributed by atoms with Crippen LogP contribution in [0.25, 0.3) is 11.0 Å². The number of rotatable bonds is 7. The molecule has 1 aliphatic rings. The summed E-state index contributed by atoms with van der Waals surface area (Å²) < 4.78 is 48.3. The fraction of sp³-hybridized carbons (Fsp3) is 0.625.